The molecule has 0 spiro atoms. The van der Waals surface area contributed by atoms with Crippen LogP contribution >= 0.6 is 0 Å². The van der Waals surface area contributed by atoms with Crippen LogP contribution in [0.2, 0.25) is 0 Å². The highest BCUT2D eigenvalue weighted by molar-refractivity contribution is 5.79. The van der Waals surface area contributed by atoms with E-state index in [2.05, 4.69) is 10.1 Å². The summed E-state index contributed by atoms with van der Waals surface area (Å²) in [6.07, 6.45) is -2.01. The zero-order valence-corrected chi connectivity index (χ0v) is 11.8. The van der Waals surface area contributed by atoms with Crippen molar-refractivity contribution in [1.82, 2.24) is 5.32 Å². The van der Waals surface area contributed by atoms with Crippen LogP contribution in [0.4, 0.5) is 9.59 Å². The van der Waals surface area contributed by atoms with Crippen molar-refractivity contribution in [2.45, 2.75) is 32.8 Å². The SMILES string of the molecule is CC(C)(C)Oc1ccc(CCNC(=O)OC(=O)O)cc1. The van der Waals surface area contributed by atoms with Gasteiger partial charge < -0.3 is 19.9 Å². The Morgan fingerprint density at radius 1 is 1.20 bits per heavy atom. The number of rotatable bonds is 4. The first-order valence-corrected chi connectivity index (χ1v) is 6.23. The van der Waals surface area contributed by atoms with E-state index < -0.39 is 12.2 Å². The zero-order chi connectivity index (χ0) is 15.2. The molecule has 1 aromatic carbocycles. The second kappa shape index (κ2) is 6.79. The van der Waals surface area contributed by atoms with Crippen molar-refractivity contribution in [3.63, 3.8) is 0 Å². The van der Waals surface area contributed by atoms with E-state index in [-0.39, 0.29) is 5.60 Å². The number of carboxylic acid groups (broad SMARTS) is 1. The maximum Gasteiger partial charge on any atom is 0.514 e. The van der Waals surface area contributed by atoms with Gasteiger partial charge in [-0.2, -0.15) is 0 Å². The largest absolute Gasteiger partial charge is 0.514 e. The molecule has 1 aromatic rings. The summed E-state index contributed by atoms with van der Waals surface area (Å²) in [5, 5.41) is 10.6. The lowest BCUT2D eigenvalue weighted by Gasteiger charge is -2.21. The molecule has 0 atom stereocenters. The Labute approximate surface area is 117 Å². The highest BCUT2D eigenvalue weighted by Crippen LogP contribution is 2.18. The molecule has 0 bridgehead atoms. The minimum absolute atomic E-state index is 0.246. The molecule has 1 rings (SSSR count). The molecule has 110 valence electrons. The van der Waals surface area contributed by atoms with Crippen LogP contribution < -0.4 is 10.1 Å². The Balaban J connectivity index is 2.38. The molecule has 6 heteroatoms. The van der Waals surface area contributed by atoms with Gasteiger partial charge in [-0.15, -0.1) is 0 Å². The second-order valence-corrected chi connectivity index (χ2v) is 5.19. The molecule has 0 aliphatic heterocycles. The van der Waals surface area contributed by atoms with Crippen molar-refractivity contribution in [2.75, 3.05) is 6.54 Å². The quantitative estimate of drug-likeness (QED) is 0.654. The Bertz CT molecular complexity index is 461. The smallest absolute Gasteiger partial charge is 0.488 e. The zero-order valence-electron chi connectivity index (χ0n) is 11.8. The Hall–Kier alpha value is -2.24. The van der Waals surface area contributed by atoms with Crippen LogP contribution in [0, 0.1) is 0 Å². The second-order valence-electron chi connectivity index (χ2n) is 5.19. The maximum absolute atomic E-state index is 10.9. The normalized spacial score (nSPS) is 10.8. The lowest BCUT2D eigenvalue weighted by molar-refractivity contribution is 0.109. The Morgan fingerprint density at radius 2 is 1.80 bits per heavy atom. The number of alkyl carbamates (subject to hydrolysis) is 1. The molecule has 0 saturated heterocycles. The van der Waals surface area contributed by atoms with E-state index in [1.54, 1.807) is 0 Å². The fourth-order valence-corrected chi connectivity index (χ4v) is 1.50. The highest BCUT2D eigenvalue weighted by atomic mass is 16.7. The van der Waals surface area contributed by atoms with Gasteiger partial charge in [0.2, 0.25) is 0 Å². The Morgan fingerprint density at radius 3 is 2.30 bits per heavy atom. The minimum Gasteiger partial charge on any atom is -0.488 e. The van der Waals surface area contributed by atoms with Crippen LogP contribution in [0.3, 0.4) is 0 Å². The van der Waals surface area contributed by atoms with Gasteiger partial charge in [0.05, 0.1) is 0 Å². The third kappa shape index (κ3) is 6.63. The van der Waals surface area contributed by atoms with E-state index >= 15 is 0 Å². The van der Waals surface area contributed by atoms with Gasteiger partial charge in [-0.3, -0.25) is 0 Å². The topological polar surface area (TPSA) is 84.9 Å². The minimum atomic E-state index is -1.62. The number of hydrogen-bond acceptors (Lipinski definition) is 4. The molecule has 0 fully saturated rings. The number of nitrogens with one attached hydrogen (secondary N) is 1. The van der Waals surface area contributed by atoms with Crippen LogP contribution in [0.5, 0.6) is 5.75 Å². The molecule has 1 amide bonds. The third-order valence-corrected chi connectivity index (χ3v) is 2.21. The molecule has 0 aliphatic carbocycles. The van der Waals surface area contributed by atoms with Gasteiger partial charge in [-0.25, -0.2) is 9.59 Å². The van der Waals surface area contributed by atoms with Crippen molar-refractivity contribution in [3.8, 4) is 5.75 Å². The van der Waals surface area contributed by atoms with Crippen molar-refractivity contribution in [3.05, 3.63) is 29.8 Å². The van der Waals surface area contributed by atoms with E-state index in [9.17, 15) is 9.59 Å². The van der Waals surface area contributed by atoms with E-state index in [4.69, 9.17) is 9.84 Å². The van der Waals surface area contributed by atoms with Gasteiger partial charge in [0.15, 0.2) is 0 Å². The molecular formula is C14H19NO5. The molecule has 0 radical (unpaired) electrons. The number of ether oxygens (including phenoxy) is 2. The molecule has 0 aromatic heterocycles. The lowest BCUT2D eigenvalue weighted by atomic mass is 10.1. The predicted octanol–water partition coefficient (Wildman–Crippen LogP) is 2.81. The van der Waals surface area contributed by atoms with E-state index in [0.717, 1.165) is 11.3 Å². The van der Waals surface area contributed by atoms with Gasteiger partial charge in [0.1, 0.15) is 11.4 Å². The first-order valence-electron chi connectivity index (χ1n) is 6.23. The maximum atomic E-state index is 10.9. The summed E-state index contributed by atoms with van der Waals surface area (Å²) in [7, 11) is 0. The summed E-state index contributed by atoms with van der Waals surface area (Å²) < 4.78 is 9.60. The average Bonchev–Trinajstić information content (AvgIpc) is 2.28. The van der Waals surface area contributed by atoms with E-state index in [0.29, 0.717) is 13.0 Å². The van der Waals surface area contributed by atoms with Crippen LogP contribution in [-0.2, 0) is 11.2 Å². The third-order valence-electron chi connectivity index (χ3n) is 2.21. The van der Waals surface area contributed by atoms with Gasteiger partial charge in [0.25, 0.3) is 0 Å². The average molecular weight is 281 g/mol. The predicted molar refractivity (Wildman–Crippen MR) is 73.0 cm³/mol. The van der Waals surface area contributed by atoms with E-state index in [1.807, 2.05) is 45.0 Å². The monoisotopic (exact) mass is 281 g/mol. The summed E-state index contributed by atoms with van der Waals surface area (Å²) in [5.74, 6) is 0.777. The fourth-order valence-electron chi connectivity index (χ4n) is 1.50. The van der Waals surface area contributed by atoms with Crippen LogP contribution in [0.1, 0.15) is 26.3 Å². The molecule has 2 N–H and O–H groups in total. The molecular weight excluding hydrogens is 262 g/mol. The van der Waals surface area contributed by atoms with Gasteiger partial charge >= 0.3 is 12.2 Å². The number of carbonyl (C=O) groups is 2. The number of benzene rings is 1. The molecule has 20 heavy (non-hydrogen) atoms. The van der Waals surface area contributed by atoms with Crippen molar-refractivity contribution < 1.29 is 24.2 Å². The van der Waals surface area contributed by atoms with Crippen LogP contribution in [0.15, 0.2) is 24.3 Å². The van der Waals surface area contributed by atoms with Crippen molar-refractivity contribution >= 4 is 12.2 Å². The molecule has 0 unspecified atom stereocenters. The number of hydrogen-bond donors (Lipinski definition) is 2. The molecule has 6 nitrogen and oxygen atoms in total. The summed E-state index contributed by atoms with van der Waals surface area (Å²) >= 11 is 0. The number of carbonyl (C=O) groups excluding carboxylic acids is 1. The summed E-state index contributed by atoms with van der Waals surface area (Å²) in [6.45, 7) is 6.21. The van der Waals surface area contributed by atoms with Crippen molar-refractivity contribution in [2.24, 2.45) is 0 Å². The summed E-state index contributed by atoms with van der Waals surface area (Å²) in [5.41, 5.74) is 0.755. The molecule has 0 heterocycles. The summed E-state index contributed by atoms with van der Waals surface area (Å²) in [6, 6.07) is 7.50. The van der Waals surface area contributed by atoms with Crippen molar-refractivity contribution in [1.29, 1.82) is 0 Å². The summed E-state index contributed by atoms with van der Waals surface area (Å²) in [4.78, 5) is 21.0. The molecule has 0 saturated carbocycles. The standard InChI is InChI=1S/C14H19NO5/c1-14(2,3)20-11-6-4-10(5-7-11)8-9-15-12(16)19-13(17)18/h4-7H,8-9H2,1-3H3,(H,15,16)(H,17,18). The van der Waals surface area contributed by atoms with Gasteiger partial charge in [-0.1, -0.05) is 12.1 Å². The van der Waals surface area contributed by atoms with Crippen LogP contribution in [-0.4, -0.2) is 29.5 Å². The molecule has 0 aliphatic rings. The van der Waals surface area contributed by atoms with E-state index in [1.165, 1.54) is 0 Å². The number of amides is 1. The highest BCUT2D eigenvalue weighted by Gasteiger charge is 2.11. The first kappa shape index (κ1) is 15.8. The lowest BCUT2D eigenvalue weighted by Crippen LogP contribution is -2.28. The first-order chi connectivity index (χ1) is 9.26. The Kier molecular flexibility index (Phi) is 5.37. The van der Waals surface area contributed by atoms with Gasteiger partial charge in [0, 0.05) is 6.54 Å². The fraction of sp³-hybridized carbons (Fsp3) is 0.429. The van der Waals surface area contributed by atoms with Gasteiger partial charge in [-0.05, 0) is 44.9 Å². The van der Waals surface area contributed by atoms with Crippen LogP contribution in [0.25, 0.3) is 0 Å².